The summed E-state index contributed by atoms with van der Waals surface area (Å²) < 4.78 is 28.4. The third-order valence-electron chi connectivity index (χ3n) is 5.40. The molecule has 0 unspecified atom stereocenters. The molecule has 6 heteroatoms. The Morgan fingerprint density at radius 2 is 1.32 bits per heavy atom. The molecular formula is C28H22N2O2S2. The molecule has 1 aromatic heterocycles. The first-order valence-corrected chi connectivity index (χ1v) is 13.1. The molecule has 1 heterocycles. The van der Waals surface area contributed by atoms with Crippen LogP contribution in [0, 0.1) is 6.92 Å². The Morgan fingerprint density at radius 3 is 2.00 bits per heavy atom. The number of aryl methyl sites for hydroxylation is 1. The Hall–Kier alpha value is -3.74. The highest BCUT2D eigenvalue weighted by Gasteiger charge is 2.18. The average Bonchev–Trinajstić information content (AvgIpc) is 3.31. The quantitative estimate of drug-likeness (QED) is 0.277. The summed E-state index contributed by atoms with van der Waals surface area (Å²) in [6.07, 6.45) is 0. The number of hydrogen-bond acceptors (Lipinski definition) is 4. The normalized spacial score (nSPS) is 11.3. The molecule has 4 aromatic carbocycles. The number of nitrogens with one attached hydrogen (secondary N) is 1. The largest absolute Gasteiger partial charge is 0.280 e. The zero-order valence-electron chi connectivity index (χ0n) is 18.5. The van der Waals surface area contributed by atoms with Gasteiger partial charge in [-0.25, -0.2) is 13.4 Å². The second-order valence-corrected chi connectivity index (χ2v) is 10.6. The van der Waals surface area contributed by atoms with Crippen LogP contribution in [0.3, 0.4) is 0 Å². The molecule has 1 N–H and O–H groups in total. The van der Waals surface area contributed by atoms with Gasteiger partial charge < -0.3 is 0 Å². The number of sulfonamides is 1. The summed E-state index contributed by atoms with van der Waals surface area (Å²) >= 11 is 1.60. The average molecular weight is 483 g/mol. The van der Waals surface area contributed by atoms with Gasteiger partial charge in [0.15, 0.2) is 0 Å². The molecule has 34 heavy (non-hydrogen) atoms. The number of hydrogen-bond donors (Lipinski definition) is 1. The van der Waals surface area contributed by atoms with Crippen molar-refractivity contribution in [3.05, 3.63) is 115 Å². The maximum absolute atomic E-state index is 12.9. The minimum absolute atomic E-state index is 0.232. The van der Waals surface area contributed by atoms with Crippen molar-refractivity contribution in [2.75, 3.05) is 4.72 Å². The van der Waals surface area contributed by atoms with Crippen molar-refractivity contribution in [2.24, 2.45) is 0 Å². The lowest BCUT2D eigenvalue weighted by molar-refractivity contribution is 0.601. The molecular weight excluding hydrogens is 460 g/mol. The fourth-order valence-corrected chi connectivity index (χ4v) is 5.81. The number of thiazole rings is 1. The number of rotatable bonds is 6. The minimum atomic E-state index is -3.68. The highest BCUT2D eigenvalue weighted by Crippen LogP contribution is 2.40. The van der Waals surface area contributed by atoms with Crippen LogP contribution in [0.4, 0.5) is 5.69 Å². The van der Waals surface area contributed by atoms with Crippen molar-refractivity contribution in [3.8, 4) is 32.3 Å². The Kier molecular flexibility index (Phi) is 6.01. The maximum Gasteiger partial charge on any atom is 0.261 e. The van der Waals surface area contributed by atoms with E-state index in [1.54, 1.807) is 41.7 Å². The number of anilines is 1. The lowest BCUT2D eigenvalue weighted by Crippen LogP contribution is -2.12. The summed E-state index contributed by atoms with van der Waals surface area (Å²) in [5.74, 6) is 0. The lowest BCUT2D eigenvalue weighted by atomic mass is 10.1. The van der Waals surface area contributed by atoms with E-state index in [1.807, 2.05) is 61.5 Å². The van der Waals surface area contributed by atoms with Gasteiger partial charge in [-0.2, -0.15) is 0 Å². The second-order valence-electron chi connectivity index (χ2n) is 7.93. The van der Waals surface area contributed by atoms with E-state index in [1.165, 1.54) is 0 Å². The van der Waals surface area contributed by atoms with E-state index in [4.69, 9.17) is 4.98 Å². The van der Waals surface area contributed by atoms with Gasteiger partial charge in [0, 0.05) is 16.8 Å². The molecule has 0 radical (unpaired) electrons. The van der Waals surface area contributed by atoms with E-state index in [0.29, 0.717) is 5.69 Å². The van der Waals surface area contributed by atoms with Crippen LogP contribution in [0.15, 0.2) is 114 Å². The van der Waals surface area contributed by atoms with Gasteiger partial charge in [0.2, 0.25) is 0 Å². The number of nitrogens with zero attached hydrogens (tertiary/aromatic N) is 1. The fourth-order valence-electron chi connectivity index (χ4n) is 3.67. The summed E-state index contributed by atoms with van der Waals surface area (Å²) in [6, 6.07) is 34.5. The van der Waals surface area contributed by atoms with Gasteiger partial charge in [-0.3, -0.25) is 4.72 Å². The highest BCUT2D eigenvalue weighted by molar-refractivity contribution is 7.92. The van der Waals surface area contributed by atoms with Gasteiger partial charge in [0.1, 0.15) is 5.01 Å². The van der Waals surface area contributed by atoms with Gasteiger partial charge in [-0.1, -0.05) is 90.5 Å². The van der Waals surface area contributed by atoms with Crippen LogP contribution in [0.5, 0.6) is 0 Å². The van der Waals surface area contributed by atoms with Crippen LogP contribution in [0.25, 0.3) is 32.3 Å². The van der Waals surface area contributed by atoms with Gasteiger partial charge in [0.25, 0.3) is 10.0 Å². The molecule has 0 bridgehead atoms. The monoisotopic (exact) mass is 482 g/mol. The van der Waals surface area contributed by atoms with Crippen molar-refractivity contribution in [2.45, 2.75) is 11.8 Å². The van der Waals surface area contributed by atoms with Crippen LogP contribution in [0.2, 0.25) is 0 Å². The molecule has 168 valence electrons. The van der Waals surface area contributed by atoms with Crippen molar-refractivity contribution in [1.82, 2.24) is 4.98 Å². The van der Waals surface area contributed by atoms with Crippen LogP contribution in [-0.4, -0.2) is 13.4 Å². The molecule has 0 fully saturated rings. The summed E-state index contributed by atoms with van der Waals surface area (Å²) in [5.41, 5.74) is 5.41. The third kappa shape index (κ3) is 4.64. The lowest BCUT2D eigenvalue weighted by Gasteiger charge is -2.09. The first kappa shape index (κ1) is 22.1. The van der Waals surface area contributed by atoms with Crippen molar-refractivity contribution in [3.63, 3.8) is 0 Å². The fraction of sp³-hybridized carbons (Fsp3) is 0.0357. The van der Waals surface area contributed by atoms with Crippen LogP contribution in [0.1, 0.15) is 5.56 Å². The van der Waals surface area contributed by atoms with E-state index in [-0.39, 0.29) is 4.90 Å². The van der Waals surface area contributed by atoms with Crippen molar-refractivity contribution >= 4 is 27.0 Å². The van der Waals surface area contributed by atoms with E-state index >= 15 is 0 Å². The van der Waals surface area contributed by atoms with Gasteiger partial charge in [-0.15, -0.1) is 11.3 Å². The van der Waals surface area contributed by atoms with E-state index < -0.39 is 10.0 Å². The van der Waals surface area contributed by atoms with Crippen LogP contribution >= 0.6 is 11.3 Å². The maximum atomic E-state index is 12.9. The zero-order valence-corrected chi connectivity index (χ0v) is 20.1. The van der Waals surface area contributed by atoms with Gasteiger partial charge in [-0.05, 0) is 36.8 Å². The first-order chi connectivity index (χ1) is 16.5. The molecule has 5 rings (SSSR count). The van der Waals surface area contributed by atoms with E-state index in [0.717, 1.165) is 37.8 Å². The number of benzene rings is 4. The standard InChI is InChI=1S/C28H22N2O2S2/c1-20-15-17-25(18-16-20)34(31,32)30-24-14-8-13-23(19-24)28-29-26(21-9-4-2-5-10-21)27(33-28)22-11-6-3-7-12-22/h2-19,30H,1H3. The highest BCUT2D eigenvalue weighted by atomic mass is 32.2. The molecule has 0 saturated carbocycles. The zero-order chi connectivity index (χ0) is 23.5. The van der Waals surface area contributed by atoms with Gasteiger partial charge >= 0.3 is 0 Å². The predicted octanol–water partition coefficient (Wildman–Crippen LogP) is 7.25. The summed E-state index contributed by atoms with van der Waals surface area (Å²) in [5, 5.41) is 0.828. The number of aromatic nitrogens is 1. The second kappa shape index (κ2) is 9.25. The third-order valence-corrected chi connectivity index (χ3v) is 7.95. The van der Waals surface area contributed by atoms with Crippen molar-refractivity contribution in [1.29, 1.82) is 0 Å². The summed E-state index contributed by atoms with van der Waals surface area (Å²) in [6.45, 7) is 1.93. The van der Waals surface area contributed by atoms with E-state index in [9.17, 15) is 8.42 Å². The minimum Gasteiger partial charge on any atom is -0.280 e. The molecule has 0 atom stereocenters. The SMILES string of the molecule is Cc1ccc(S(=O)(=O)Nc2cccc(-c3nc(-c4ccccc4)c(-c4ccccc4)s3)c2)cc1. The Labute approximate surface area is 203 Å². The van der Waals surface area contributed by atoms with Crippen molar-refractivity contribution < 1.29 is 8.42 Å². The summed E-state index contributed by atoms with van der Waals surface area (Å²) in [4.78, 5) is 6.28. The molecule has 0 aliphatic carbocycles. The Balaban J connectivity index is 1.53. The predicted molar refractivity (Wildman–Crippen MR) is 140 cm³/mol. The summed E-state index contributed by atoms with van der Waals surface area (Å²) in [7, 11) is -3.68. The van der Waals surface area contributed by atoms with E-state index in [2.05, 4.69) is 29.0 Å². The Morgan fingerprint density at radius 1 is 0.706 bits per heavy atom. The molecule has 0 saturated heterocycles. The van der Waals surface area contributed by atoms with Crippen LogP contribution in [-0.2, 0) is 10.0 Å². The molecule has 0 aliphatic rings. The van der Waals surface area contributed by atoms with Gasteiger partial charge in [0.05, 0.1) is 15.5 Å². The molecule has 4 nitrogen and oxygen atoms in total. The molecule has 5 aromatic rings. The molecule has 0 spiro atoms. The first-order valence-electron chi connectivity index (χ1n) is 10.8. The smallest absolute Gasteiger partial charge is 0.261 e. The Bertz CT molecular complexity index is 1470. The molecule has 0 amide bonds. The topological polar surface area (TPSA) is 59.1 Å². The molecule has 0 aliphatic heterocycles. The van der Waals surface area contributed by atoms with Crippen LogP contribution < -0.4 is 4.72 Å².